The number of rotatable bonds is 7. The van der Waals surface area contributed by atoms with E-state index in [-0.39, 0.29) is 30.3 Å². The SMILES string of the molecule is CCCNC(=O)C(Cc1c[nH]c2ccccc12)NC(=O)C1Cc2ccccc2CN1.Cl. The van der Waals surface area contributed by atoms with Gasteiger partial charge in [-0.25, -0.2) is 0 Å². The zero-order valence-electron chi connectivity index (χ0n) is 17.6. The molecule has 2 amide bonds. The van der Waals surface area contributed by atoms with Gasteiger partial charge in [0.05, 0.1) is 6.04 Å². The Kier molecular flexibility index (Phi) is 7.71. The lowest BCUT2D eigenvalue weighted by atomic mass is 9.95. The van der Waals surface area contributed by atoms with Gasteiger partial charge in [0.1, 0.15) is 6.04 Å². The molecule has 0 radical (unpaired) electrons. The number of H-pyrrole nitrogens is 1. The number of hydrogen-bond acceptors (Lipinski definition) is 3. The fourth-order valence-corrected chi connectivity index (χ4v) is 4.01. The molecule has 7 heteroatoms. The van der Waals surface area contributed by atoms with Crippen LogP contribution in [-0.2, 0) is 29.0 Å². The van der Waals surface area contributed by atoms with Crippen molar-refractivity contribution in [2.45, 2.75) is 44.8 Å². The number of hydrogen-bond donors (Lipinski definition) is 4. The summed E-state index contributed by atoms with van der Waals surface area (Å²) in [7, 11) is 0. The third-order valence-electron chi connectivity index (χ3n) is 5.68. The van der Waals surface area contributed by atoms with Crippen molar-refractivity contribution in [2.75, 3.05) is 6.54 Å². The molecule has 1 aliphatic rings. The maximum atomic E-state index is 13.0. The number of carbonyl (C=O) groups is 2. The molecule has 3 aromatic rings. The maximum Gasteiger partial charge on any atom is 0.242 e. The number of halogens is 1. The van der Waals surface area contributed by atoms with Crippen LogP contribution in [0.4, 0.5) is 0 Å². The molecule has 2 unspecified atom stereocenters. The van der Waals surface area contributed by atoms with Crippen LogP contribution < -0.4 is 16.0 Å². The molecule has 0 saturated carbocycles. The first kappa shape index (κ1) is 22.8. The van der Waals surface area contributed by atoms with Crippen LogP contribution in [0.5, 0.6) is 0 Å². The number of benzene rings is 2. The minimum atomic E-state index is -0.623. The van der Waals surface area contributed by atoms with E-state index in [9.17, 15) is 9.59 Å². The summed E-state index contributed by atoms with van der Waals surface area (Å²) < 4.78 is 0. The van der Waals surface area contributed by atoms with E-state index in [0.29, 0.717) is 25.9 Å². The number of carbonyl (C=O) groups excluding carboxylic acids is 2. The lowest BCUT2D eigenvalue weighted by molar-refractivity contribution is -0.130. The maximum absolute atomic E-state index is 13.0. The van der Waals surface area contributed by atoms with E-state index in [2.05, 4.69) is 33.1 Å². The molecule has 31 heavy (non-hydrogen) atoms. The number of amides is 2. The highest BCUT2D eigenvalue weighted by atomic mass is 35.5. The van der Waals surface area contributed by atoms with Gasteiger partial charge in [-0.15, -0.1) is 12.4 Å². The number of aromatic nitrogens is 1. The lowest BCUT2D eigenvalue weighted by Gasteiger charge is -2.27. The predicted octanol–water partition coefficient (Wildman–Crippen LogP) is 2.86. The van der Waals surface area contributed by atoms with Crippen LogP contribution in [-0.4, -0.2) is 35.4 Å². The van der Waals surface area contributed by atoms with Gasteiger partial charge in [-0.1, -0.05) is 49.4 Å². The summed E-state index contributed by atoms with van der Waals surface area (Å²) in [5.74, 6) is -0.285. The van der Waals surface area contributed by atoms with Gasteiger partial charge in [-0.3, -0.25) is 9.59 Å². The molecular formula is C24H29ClN4O2. The van der Waals surface area contributed by atoms with Crippen LogP contribution in [0, 0.1) is 0 Å². The van der Waals surface area contributed by atoms with Crippen molar-refractivity contribution >= 4 is 35.1 Å². The second kappa shape index (κ2) is 10.5. The van der Waals surface area contributed by atoms with Gasteiger partial charge in [-0.05, 0) is 35.6 Å². The van der Waals surface area contributed by atoms with Crippen LogP contribution in [0.15, 0.2) is 54.7 Å². The third kappa shape index (κ3) is 5.27. The molecule has 2 aromatic carbocycles. The summed E-state index contributed by atoms with van der Waals surface area (Å²) in [5, 5.41) is 10.3. The summed E-state index contributed by atoms with van der Waals surface area (Å²) in [6, 6.07) is 15.2. The standard InChI is InChI=1S/C24H28N4O2.ClH/c1-2-11-25-23(29)22(13-18-15-26-20-10-6-5-9-19(18)20)28-24(30)21-12-16-7-3-4-8-17(16)14-27-21;/h3-10,15,21-22,26-27H,2,11-14H2,1H3,(H,25,29)(H,28,30);1H. The van der Waals surface area contributed by atoms with E-state index in [1.165, 1.54) is 11.1 Å². The van der Waals surface area contributed by atoms with E-state index < -0.39 is 6.04 Å². The number of aromatic amines is 1. The highest BCUT2D eigenvalue weighted by molar-refractivity contribution is 5.91. The van der Waals surface area contributed by atoms with E-state index in [1.54, 1.807) is 0 Å². The average molecular weight is 441 g/mol. The van der Waals surface area contributed by atoms with Gasteiger partial charge in [-0.2, -0.15) is 0 Å². The van der Waals surface area contributed by atoms with E-state index >= 15 is 0 Å². The Balaban J connectivity index is 0.00000272. The van der Waals surface area contributed by atoms with Crippen molar-refractivity contribution in [1.29, 1.82) is 0 Å². The van der Waals surface area contributed by atoms with Crippen molar-refractivity contribution < 1.29 is 9.59 Å². The highest BCUT2D eigenvalue weighted by Gasteiger charge is 2.28. The van der Waals surface area contributed by atoms with Crippen molar-refractivity contribution in [3.05, 3.63) is 71.4 Å². The topological polar surface area (TPSA) is 86.0 Å². The molecule has 1 aromatic heterocycles. The zero-order chi connectivity index (χ0) is 20.9. The predicted molar refractivity (Wildman–Crippen MR) is 125 cm³/mol. The van der Waals surface area contributed by atoms with Crippen molar-refractivity contribution in [3.63, 3.8) is 0 Å². The fraction of sp³-hybridized carbons (Fsp3) is 0.333. The number of fused-ring (bicyclic) bond motifs is 2. The molecule has 4 rings (SSSR count). The van der Waals surface area contributed by atoms with Crippen LogP contribution in [0.3, 0.4) is 0 Å². The Labute approximate surface area is 188 Å². The summed E-state index contributed by atoms with van der Waals surface area (Å²) in [4.78, 5) is 29.1. The third-order valence-corrected chi connectivity index (χ3v) is 5.68. The quantitative estimate of drug-likeness (QED) is 0.455. The molecule has 164 valence electrons. The highest BCUT2D eigenvalue weighted by Crippen LogP contribution is 2.20. The van der Waals surface area contributed by atoms with Gasteiger partial charge < -0.3 is 20.9 Å². The second-order valence-electron chi connectivity index (χ2n) is 7.82. The molecule has 1 aliphatic heterocycles. The Bertz CT molecular complexity index is 1050. The van der Waals surface area contributed by atoms with Crippen LogP contribution in [0.25, 0.3) is 10.9 Å². The Hall–Kier alpha value is -2.83. The zero-order valence-corrected chi connectivity index (χ0v) is 18.4. The Morgan fingerprint density at radius 1 is 1.10 bits per heavy atom. The van der Waals surface area contributed by atoms with Gasteiger partial charge in [0, 0.05) is 36.6 Å². The molecule has 2 atom stereocenters. The first-order valence-electron chi connectivity index (χ1n) is 10.6. The summed E-state index contributed by atoms with van der Waals surface area (Å²) >= 11 is 0. The summed E-state index contributed by atoms with van der Waals surface area (Å²) in [6.07, 6.45) is 3.83. The molecule has 4 N–H and O–H groups in total. The molecular weight excluding hydrogens is 412 g/mol. The van der Waals surface area contributed by atoms with E-state index in [4.69, 9.17) is 0 Å². The Morgan fingerprint density at radius 2 is 1.84 bits per heavy atom. The monoisotopic (exact) mass is 440 g/mol. The number of nitrogens with one attached hydrogen (secondary N) is 4. The largest absolute Gasteiger partial charge is 0.361 e. The van der Waals surface area contributed by atoms with Crippen LogP contribution in [0.1, 0.15) is 30.0 Å². The second-order valence-corrected chi connectivity index (χ2v) is 7.82. The molecule has 0 spiro atoms. The normalized spacial score (nSPS) is 16.1. The average Bonchev–Trinajstić information content (AvgIpc) is 3.19. The van der Waals surface area contributed by atoms with Crippen molar-refractivity contribution in [1.82, 2.24) is 20.9 Å². The fourth-order valence-electron chi connectivity index (χ4n) is 4.01. The van der Waals surface area contributed by atoms with Crippen LogP contribution >= 0.6 is 12.4 Å². The molecule has 0 aliphatic carbocycles. The first-order chi connectivity index (χ1) is 14.7. The minimum absolute atomic E-state index is 0. The Morgan fingerprint density at radius 3 is 2.65 bits per heavy atom. The van der Waals surface area contributed by atoms with Gasteiger partial charge in [0.25, 0.3) is 0 Å². The summed E-state index contributed by atoms with van der Waals surface area (Å²) in [6.45, 7) is 3.26. The lowest BCUT2D eigenvalue weighted by Crippen LogP contribution is -2.55. The minimum Gasteiger partial charge on any atom is -0.361 e. The van der Waals surface area contributed by atoms with Crippen molar-refractivity contribution in [2.24, 2.45) is 0 Å². The van der Waals surface area contributed by atoms with Gasteiger partial charge in [0.15, 0.2) is 0 Å². The van der Waals surface area contributed by atoms with Crippen LogP contribution in [0.2, 0.25) is 0 Å². The van der Waals surface area contributed by atoms with Gasteiger partial charge in [0.2, 0.25) is 11.8 Å². The van der Waals surface area contributed by atoms with E-state index in [1.807, 2.05) is 49.5 Å². The molecule has 2 heterocycles. The molecule has 0 saturated heterocycles. The first-order valence-corrected chi connectivity index (χ1v) is 10.6. The van der Waals surface area contributed by atoms with E-state index in [0.717, 1.165) is 22.9 Å². The smallest absolute Gasteiger partial charge is 0.242 e. The molecule has 6 nitrogen and oxygen atoms in total. The van der Waals surface area contributed by atoms with Gasteiger partial charge >= 0.3 is 0 Å². The summed E-state index contributed by atoms with van der Waals surface area (Å²) in [5.41, 5.74) is 4.44. The molecule has 0 bridgehead atoms. The molecule has 0 fully saturated rings. The number of para-hydroxylation sites is 1. The van der Waals surface area contributed by atoms with Crippen molar-refractivity contribution in [3.8, 4) is 0 Å².